The van der Waals surface area contributed by atoms with Crippen molar-refractivity contribution in [2.24, 2.45) is 11.3 Å². The van der Waals surface area contributed by atoms with Gasteiger partial charge < -0.3 is 10.2 Å². The van der Waals surface area contributed by atoms with E-state index in [9.17, 15) is 4.79 Å². The lowest BCUT2D eigenvalue weighted by molar-refractivity contribution is -0.135. The first-order valence-electron chi connectivity index (χ1n) is 9.25. The van der Waals surface area contributed by atoms with Gasteiger partial charge in [-0.15, -0.1) is 0 Å². The summed E-state index contributed by atoms with van der Waals surface area (Å²) < 4.78 is 0. The fraction of sp³-hybridized carbons (Fsp3) is 0.650. The summed E-state index contributed by atoms with van der Waals surface area (Å²) in [6.45, 7) is 7.32. The minimum absolute atomic E-state index is 0.286. The van der Waals surface area contributed by atoms with E-state index in [0.717, 1.165) is 38.9 Å². The molecule has 1 amide bonds. The van der Waals surface area contributed by atoms with E-state index in [1.807, 2.05) is 0 Å². The minimum Gasteiger partial charge on any atom is -0.339 e. The predicted octanol–water partition coefficient (Wildman–Crippen LogP) is 3.25. The second kappa shape index (κ2) is 7.04. The molecule has 2 fully saturated rings. The molecule has 1 saturated heterocycles. The topological polar surface area (TPSA) is 32.3 Å². The molecular weight excluding hydrogens is 284 g/mol. The Morgan fingerprint density at radius 2 is 1.96 bits per heavy atom. The monoisotopic (exact) mass is 314 g/mol. The summed E-state index contributed by atoms with van der Waals surface area (Å²) in [6, 6.07) is 10.9. The number of amides is 1. The molecule has 0 aromatic heterocycles. The molecule has 1 aliphatic heterocycles. The van der Waals surface area contributed by atoms with Crippen LogP contribution in [0.5, 0.6) is 0 Å². The number of piperidine rings is 1. The Morgan fingerprint density at radius 1 is 1.26 bits per heavy atom. The van der Waals surface area contributed by atoms with E-state index in [-0.39, 0.29) is 5.92 Å². The van der Waals surface area contributed by atoms with Crippen LogP contribution in [0.3, 0.4) is 0 Å². The van der Waals surface area contributed by atoms with Crippen LogP contribution in [0.2, 0.25) is 0 Å². The normalized spacial score (nSPS) is 23.5. The molecule has 23 heavy (non-hydrogen) atoms. The molecule has 0 bridgehead atoms. The zero-order chi connectivity index (χ0) is 16.3. The van der Waals surface area contributed by atoms with Gasteiger partial charge in [-0.1, -0.05) is 37.3 Å². The highest BCUT2D eigenvalue weighted by Gasteiger charge is 2.58. The molecule has 0 radical (unpaired) electrons. The summed E-state index contributed by atoms with van der Waals surface area (Å²) in [5, 5.41) is 3.42. The molecule has 3 heteroatoms. The average Bonchev–Trinajstić information content (AvgIpc) is 3.29. The first kappa shape index (κ1) is 16.5. The molecule has 2 atom stereocenters. The quantitative estimate of drug-likeness (QED) is 0.874. The van der Waals surface area contributed by atoms with E-state index in [1.54, 1.807) is 0 Å². The van der Waals surface area contributed by atoms with Gasteiger partial charge in [0.2, 0.25) is 5.91 Å². The van der Waals surface area contributed by atoms with Crippen molar-refractivity contribution in [2.45, 2.75) is 52.0 Å². The molecule has 2 unspecified atom stereocenters. The lowest BCUT2D eigenvalue weighted by Gasteiger charge is -2.32. The predicted molar refractivity (Wildman–Crippen MR) is 94.3 cm³/mol. The van der Waals surface area contributed by atoms with Crippen LogP contribution in [0.1, 0.15) is 45.1 Å². The van der Waals surface area contributed by atoms with E-state index in [0.29, 0.717) is 17.4 Å². The van der Waals surface area contributed by atoms with Crippen molar-refractivity contribution in [3.05, 3.63) is 35.9 Å². The van der Waals surface area contributed by atoms with E-state index in [1.165, 1.54) is 18.4 Å². The van der Waals surface area contributed by atoms with Crippen LogP contribution < -0.4 is 5.32 Å². The SMILES string of the molecule is CCC(Cc1ccccc1)N(CC)C(=O)C1CC12CCNCC2. The lowest BCUT2D eigenvalue weighted by atomic mass is 9.91. The third-order valence-corrected chi connectivity index (χ3v) is 5.94. The molecule has 1 aromatic rings. The molecule has 2 aliphatic rings. The van der Waals surface area contributed by atoms with Crippen LogP contribution in [0.25, 0.3) is 0 Å². The average molecular weight is 314 g/mol. The van der Waals surface area contributed by atoms with Crippen LogP contribution >= 0.6 is 0 Å². The number of carbonyl (C=O) groups is 1. The number of nitrogens with zero attached hydrogens (tertiary/aromatic N) is 1. The number of hydrogen-bond acceptors (Lipinski definition) is 2. The third kappa shape index (κ3) is 3.45. The molecule has 1 aromatic carbocycles. The number of likely N-dealkylation sites (N-methyl/N-ethyl adjacent to an activating group) is 1. The number of nitrogens with one attached hydrogen (secondary N) is 1. The summed E-state index contributed by atoms with van der Waals surface area (Å²) >= 11 is 0. The van der Waals surface area contributed by atoms with E-state index >= 15 is 0 Å². The highest BCUT2D eigenvalue weighted by molar-refractivity contribution is 5.83. The summed E-state index contributed by atoms with van der Waals surface area (Å²) in [7, 11) is 0. The van der Waals surface area contributed by atoms with Gasteiger partial charge in [0.05, 0.1) is 0 Å². The van der Waals surface area contributed by atoms with Gasteiger partial charge in [-0.3, -0.25) is 4.79 Å². The van der Waals surface area contributed by atoms with Crippen LogP contribution in [0.15, 0.2) is 30.3 Å². The van der Waals surface area contributed by atoms with Crippen molar-refractivity contribution in [1.82, 2.24) is 10.2 Å². The second-order valence-corrected chi connectivity index (χ2v) is 7.25. The maximum atomic E-state index is 13.1. The van der Waals surface area contributed by atoms with Gasteiger partial charge in [0.15, 0.2) is 0 Å². The highest BCUT2D eigenvalue weighted by atomic mass is 16.2. The van der Waals surface area contributed by atoms with Crippen LogP contribution in [0.4, 0.5) is 0 Å². The highest BCUT2D eigenvalue weighted by Crippen LogP contribution is 2.59. The van der Waals surface area contributed by atoms with Gasteiger partial charge >= 0.3 is 0 Å². The number of rotatable bonds is 6. The van der Waals surface area contributed by atoms with Crippen LogP contribution in [-0.2, 0) is 11.2 Å². The maximum absolute atomic E-state index is 13.1. The van der Waals surface area contributed by atoms with Gasteiger partial charge in [-0.05, 0) is 63.1 Å². The summed E-state index contributed by atoms with van der Waals surface area (Å²) in [4.78, 5) is 15.3. The van der Waals surface area contributed by atoms with Crippen molar-refractivity contribution in [3.63, 3.8) is 0 Å². The Morgan fingerprint density at radius 3 is 2.57 bits per heavy atom. The van der Waals surface area contributed by atoms with E-state index in [2.05, 4.69) is 54.4 Å². The fourth-order valence-electron chi connectivity index (χ4n) is 4.33. The van der Waals surface area contributed by atoms with E-state index in [4.69, 9.17) is 0 Å². The summed E-state index contributed by atoms with van der Waals surface area (Å²) in [5.74, 6) is 0.701. The van der Waals surface area contributed by atoms with Crippen molar-refractivity contribution >= 4 is 5.91 Å². The summed E-state index contributed by atoms with van der Waals surface area (Å²) in [6.07, 6.45) is 5.46. The Balaban J connectivity index is 1.67. The Labute approximate surface area is 140 Å². The largest absolute Gasteiger partial charge is 0.339 e. The van der Waals surface area contributed by atoms with Crippen molar-refractivity contribution in [3.8, 4) is 0 Å². The van der Waals surface area contributed by atoms with Gasteiger partial charge in [0.25, 0.3) is 0 Å². The van der Waals surface area contributed by atoms with Gasteiger partial charge in [-0.25, -0.2) is 0 Å². The molecule has 3 nitrogen and oxygen atoms in total. The molecule has 1 spiro atoms. The van der Waals surface area contributed by atoms with Crippen LogP contribution in [0, 0.1) is 11.3 Å². The molecule has 1 saturated carbocycles. The van der Waals surface area contributed by atoms with Crippen molar-refractivity contribution < 1.29 is 4.79 Å². The van der Waals surface area contributed by atoms with Gasteiger partial charge in [0.1, 0.15) is 0 Å². The Kier molecular flexibility index (Phi) is 5.05. The number of benzene rings is 1. The Bertz CT molecular complexity index is 522. The first-order chi connectivity index (χ1) is 11.2. The number of carbonyl (C=O) groups excluding carboxylic acids is 1. The van der Waals surface area contributed by atoms with Crippen molar-refractivity contribution in [2.75, 3.05) is 19.6 Å². The van der Waals surface area contributed by atoms with Crippen LogP contribution in [-0.4, -0.2) is 36.5 Å². The molecule has 126 valence electrons. The van der Waals surface area contributed by atoms with Gasteiger partial charge in [-0.2, -0.15) is 0 Å². The zero-order valence-corrected chi connectivity index (χ0v) is 14.6. The fourth-order valence-corrected chi connectivity index (χ4v) is 4.33. The molecule has 1 aliphatic carbocycles. The molecule has 3 rings (SSSR count). The Hall–Kier alpha value is -1.35. The maximum Gasteiger partial charge on any atom is 0.226 e. The zero-order valence-electron chi connectivity index (χ0n) is 14.6. The van der Waals surface area contributed by atoms with Crippen molar-refractivity contribution in [1.29, 1.82) is 0 Å². The minimum atomic E-state index is 0.286. The molecule has 1 heterocycles. The smallest absolute Gasteiger partial charge is 0.226 e. The van der Waals surface area contributed by atoms with Gasteiger partial charge in [0, 0.05) is 18.5 Å². The third-order valence-electron chi connectivity index (χ3n) is 5.94. The summed E-state index contributed by atoms with van der Waals surface area (Å²) in [5.41, 5.74) is 1.67. The molecular formula is C20H30N2O. The van der Waals surface area contributed by atoms with E-state index < -0.39 is 0 Å². The number of hydrogen-bond donors (Lipinski definition) is 1. The molecule has 1 N–H and O–H groups in total. The second-order valence-electron chi connectivity index (χ2n) is 7.25. The standard InChI is InChI=1S/C20H30N2O/c1-3-17(14-16-8-6-5-7-9-16)22(4-2)19(23)18-15-20(18)10-12-21-13-11-20/h5-9,17-18,21H,3-4,10-15H2,1-2H3. The first-order valence-corrected chi connectivity index (χ1v) is 9.25. The lowest BCUT2D eigenvalue weighted by Crippen LogP contribution is -2.43.